The number of benzene rings is 3. The van der Waals surface area contributed by atoms with E-state index in [-0.39, 0.29) is 5.75 Å². The van der Waals surface area contributed by atoms with E-state index in [1.54, 1.807) is 24.3 Å². The maximum absolute atomic E-state index is 12.6. The van der Waals surface area contributed by atoms with Crippen LogP contribution >= 0.6 is 15.9 Å². The number of amides is 1. The Morgan fingerprint density at radius 3 is 2.57 bits per heavy atom. The summed E-state index contributed by atoms with van der Waals surface area (Å²) in [7, 11) is 0. The number of hydrazone groups is 1. The highest BCUT2D eigenvalue weighted by Crippen LogP contribution is 2.26. The molecule has 0 atom stereocenters. The third kappa shape index (κ3) is 5.84. The number of phenolic OH excluding ortho intramolecular Hbond substituents is 1. The molecule has 0 saturated heterocycles. The summed E-state index contributed by atoms with van der Waals surface area (Å²) >= 11 is 3.38. The smallest absolute Gasteiger partial charge is 0.275 e. The number of carbonyl (C=O) groups excluding carboxylic acids is 1. The minimum absolute atomic E-state index is 0.00992. The number of rotatable bonds is 8. The molecular formula is C23H21BrN2O4. The average Bonchev–Trinajstić information content (AvgIpc) is 2.75. The van der Waals surface area contributed by atoms with Gasteiger partial charge in [0.15, 0.2) is 11.5 Å². The van der Waals surface area contributed by atoms with Gasteiger partial charge in [-0.3, -0.25) is 4.79 Å². The van der Waals surface area contributed by atoms with E-state index in [2.05, 4.69) is 26.5 Å². The summed E-state index contributed by atoms with van der Waals surface area (Å²) in [6.45, 7) is 2.64. The molecule has 0 bridgehead atoms. The molecule has 0 saturated carbocycles. The molecule has 0 heterocycles. The average molecular weight is 469 g/mol. The van der Waals surface area contributed by atoms with Crippen molar-refractivity contribution in [2.75, 3.05) is 6.61 Å². The van der Waals surface area contributed by atoms with E-state index < -0.39 is 5.91 Å². The lowest BCUT2D eigenvalue weighted by atomic mass is 10.2. The number of aromatic hydroxyl groups is 1. The quantitative estimate of drug-likeness (QED) is 0.364. The highest BCUT2D eigenvalue weighted by molar-refractivity contribution is 9.10. The molecule has 0 aromatic heterocycles. The summed E-state index contributed by atoms with van der Waals surface area (Å²) in [5, 5.41) is 13.9. The normalized spacial score (nSPS) is 10.7. The van der Waals surface area contributed by atoms with E-state index in [1.807, 2.05) is 43.3 Å². The van der Waals surface area contributed by atoms with E-state index in [4.69, 9.17) is 9.47 Å². The van der Waals surface area contributed by atoms with Gasteiger partial charge in [-0.2, -0.15) is 5.10 Å². The Hall–Kier alpha value is -3.32. The molecule has 2 N–H and O–H groups in total. The van der Waals surface area contributed by atoms with Gasteiger partial charge in [0, 0.05) is 4.47 Å². The number of halogens is 1. The highest BCUT2D eigenvalue weighted by atomic mass is 79.9. The van der Waals surface area contributed by atoms with Gasteiger partial charge in [0.1, 0.15) is 12.4 Å². The Balaban J connectivity index is 1.68. The van der Waals surface area contributed by atoms with Crippen molar-refractivity contribution in [1.29, 1.82) is 0 Å². The van der Waals surface area contributed by atoms with Crippen LogP contribution in [0.3, 0.4) is 0 Å². The second-order valence-corrected chi connectivity index (χ2v) is 7.19. The van der Waals surface area contributed by atoms with Crippen molar-refractivity contribution in [3.05, 3.63) is 87.9 Å². The first kappa shape index (κ1) is 21.4. The van der Waals surface area contributed by atoms with Crippen molar-refractivity contribution in [1.82, 2.24) is 5.43 Å². The summed E-state index contributed by atoms with van der Waals surface area (Å²) < 4.78 is 11.9. The predicted octanol–water partition coefficient (Wildman–Crippen LogP) is 4.90. The number of phenols is 1. The Morgan fingerprint density at radius 1 is 1.07 bits per heavy atom. The van der Waals surface area contributed by atoms with Gasteiger partial charge in [-0.05, 0) is 54.4 Å². The van der Waals surface area contributed by atoms with Crippen LogP contribution in [0.25, 0.3) is 0 Å². The zero-order chi connectivity index (χ0) is 21.3. The number of carbonyl (C=O) groups is 1. The molecular weight excluding hydrogens is 448 g/mol. The van der Waals surface area contributed by atoms with Gasteiger partial charge in [0.2, 0.25) is 0 Å². The lowest BCUT2D eigenvalue weighted by Crippen LogP contribution is -2.18. The van der Waals surface area contributed by atoms with Crippen molar-refractivity contribution in [3.8, 4) is 17.2 Å². The number of nitrogens with zero attached hydrogens (tertiary/aromatic N) is 1. The van der Waals surface area contributed by atoms with Crippen LogP contribution in [0.5, 0.6) is 17.2 Å². The zero-order valence-corrected chi connectivity index (χ0v) is 17.9. The third-order valence-electron chi connectivity index (χ3n) is 4.09. The molecule has 0 spiro atoms. The van der Waals surface area contributed by atoms with Gasteiger partial charge in [-0.1, -0.05) is 46.3 Å². The fourth-order valence-corrected chi connectivity index (χ4v) is 3.02. The van der Waals surface area contributed by atoms with Gasteiger partial charge in [0.25, 0.3) is 5.91 Å². The van der Waals surface area contributed by atoms with E-state index in [0.29, 0.717) is 35.8 Å². The molecule has 7 heteroatoms. The monoisotopic (exact) mass is 468 g/mol. The molecule has 3 aromatic carbocycles. The first-order chi connectivity index (χ1) is 14.6. The van der Waals surface area contributed by atoms with Crippen molar-refractivity contribution in [2.45, 2.75) is 13.5 Å². The minimum atomic E-state index is -0.411. The lowest BCUT2D eigenvalue weighted by Gasteiger charge is -2.11. The highest BCUT2D eigenvalue weighted by Gasteiger charge is 2.13. The topological polar surface area (TPSA) is 80.2 Å². The molecule has 0 fully saturated rings. The van der Waals surface area contributed by atoms with Crippen LogP contribution in [0, 0.1) is 0 Å². The number of hydrogen-bond acceptors (Lipinski definition) is 5. The summed E-state index contributed by atoms with van der Waals surface area (Å²) in [5.41, 5.74) is 4.46. The number of ether oxygens (including phenoxy) is 2. The standard InChI is InChI=1S/C23H21BrN2O4/c1-2-29-22-10-8-17(12-20(22)27)14-25-26-23(28)19-13-18(24)9-11-21(19)30-15-16-6-4-3-5-7-16/h3-14,27H,2,15H2,1H3,(H,26,28). The minimum Gasteiger partial charge on any atom is -0.504 e. The van der Waals surface area contributed by atoms with Crippen LogP contribution < -0.4 is 14.9 Å². The molecule has 1 amide bonds. The molecule has 0 radical (unpaired) electrons. The SMILES string of the molecule is CCOc1ccc(C=NNC(=O)c2cc(Br)ccc2OCc2ccccc2)cc1O. The van der Waals surface area contributed by atoms with Crippen LogP contribution in [-0.4, -0.2) is 23.8 Å². The number of nitrogens with one attached hydrogen (secondary N) is 1. The van der Waals surface area contributed by atoms with Crippen molar-refractivity contribution >= 4 is 28.1 Å². The van der Waals surface area contributed by atoms with Gasteiger partial charge >= 0.3 is 0 Å². The van der Waals surface area contributed by atoms with Crippen LogP contribution in [0.2, 0.25) is 0 Å². The van der Waals surface area contributed by atoms with Gasteiger partial charge < -0.3 is 14.6 Å². The molecule has 3 aromatic rings. The molecule has 6 nitrogen and oxygen atoms in total. The Kier molecular flexibility index (Phi) is 7.45. The summed E-state index contributed by atoms with van der Waals surface area (Å²) in [6, 6.07) is 19.8. The van der Waals surface area contributed by atoms with E-state index >= 15 is 0 Å². The first-order valence-corrected chi connectivity index (χ1v) is 10.1. The molecule has 0 unspecified atom stereocenters. The maximum atomic E-state index is 12.6. The summed E-state index contributed by atoms with van der Waals surface area (Å²) in [4.78, 5) is 12.6. The van der Waals surface area contributed by atoms with Crippen LogP contribution in [0.1, 0.15) is 28.4 Å². The van der Waals surface area contributed by atoms with Crippen molar-refractivity contribution in [2.24, 2.45) is 5.10 Å². The Morgan fingerprint density at radius 2 is 1.83 bits per heavy atom. The van der Waals surface area contributed by atoms with Crippen molar-refractivity contribution < 1.29 is 19.4 Å². The molecule has 154 valence electrons. The fourth-order valence-electron chi connectivity index (χ4n) is 2.66. The Labute approximate surface area is 183 Å². The Bertz CT molecular complexity index is 1040. The summed E-state index contributed by atoms with van der Waals surface area (Å²) in [6.07, 6.45) is 1.44. The molecule has 30 heavy (non-hydrogen) atoms. The van der Waals surface area contributed by atoms with Gasteiger partial charge in [0.05, 0.1) is 18.4 Å². The fraction of sp³-hybridized carbons (Fsp3) is 0.130. The second kappa shape index (κ2) is 10.5. The molecule has 3 rings (SSSR count). The van der Waals surface area contributed by atoms with Crippen LogP contribution in [0.4, 0.5) is 0 Å². The number of hydrogen-bond donors (Lipinski definition) is 2. The predicted molar refractivity (Wildman–Crippen MR) is 119 cm³/mol. The maximum Gasteiger partial charge on any atom is 0.275 e. The van der Waals surface area contributed by atoms with E-state index in [9.17, 15) is 9.90 Å². The lowest BCUT2D eigenvalue weighted by molar-refractivity contribution is 0.0950. The molecule has 0 aliphatic rings. The van der Waals surface area contributed by atoms with Crippen LogP contribution in [-0.2, 0) is 6.61 Å². The van der Waals surface area contributed by atoms with Crippen LogP contribution in [0.15, 0.2) is 76.3 Å². The molecule has 0 aliphatic carbocycles. The van der Waals surface area contributed by atoms with Crippen molar-refractivity contribution in [3.63, 3.8) is 0 Å². The largest absolute Gasteiger partial charge is 0.504 e. The third-order valence-corrected chi connectivity index (χ3v) is 4.58. The van der Waals surface area contributed by atoms with E-state index in [1.165, 1.54) is 12.3 Å². The zero-order valence-electron chi connectivity index (χ0n) is 16.3. The van der Waals surface area contributed by atoms with E-state index in [0.717, 1.165) is 10.0 Å². The summed E-state index contributed by atoms with van der Waals surface area (Å²) in [5.74, 6) is 0.447. The van der Waals surface area contributed by atoms with Gasteiger partial charge in [-0.15, -0.1) is 0 Å². The van der Waals surface area contributed by atoms with Gasteiger partial charge in [-0.25, -0.2) is 5.43 Å². The first-order valence-electron chi connectivity index (χ1n) is 9.32. The second-order valence-electron chi connectivity index (χ2n) is 6.27. The molecule has 0 aliphatic heterocycles.